The Labute approximate surface area is 275 Å². The van der Waals surface area contributed by atoms with Gasteiger partial charge in [-0.25, -0.2) is 0 Å². The van der Waals surface area contributed by atoms with Crippen LogP contribution in [0.25, 0.3) is 0 Å². The minimum absolute atomic E-state index is 0.0665. The van der Waals surface area contributed by atoms with Crippen LogP contribution in [0.3, 0.4) is 0 Å². The van der Waals surface area contributed by atoms with Crippen molar-refractivity contribution in [2.24, 2.45) is 5.92 Å². The van der Waals surface area contributed by atoms with Crippen molar-refractivity contribution in [1.82, 2.24) is 4.90 Å². The van der Waals surface area contributed by atoms with E-state index >= 15 is 0 Å². The molecule has 4 aliphatic heterocycles. The summed E-state index contributed by atoms with van der Waals surface area (Å²) in [6, 6.07) is 20.8. The van der Waals surface area contributed by atoms with E-state index in [0.717, 1.165) is 18.6 Å². The molecule has 3 aromatic rings. The highest BCUT2D eigenvalue weighted by atomic mass is 28.3. The van der Waals surface area contributed by atoms with Crippen LogP contribution in [0.15, 0.2) is 66.7 Å². The summed E-state index contributed by atoms with van der Waals surface area (Å²) in [5, 5.41) is 14.2. The monoisotopic (exact) mass is 655 g/mol. The van der Waals surface area contributed by atoms with Crippen LogP contribution in [-0.2, 0) is 24.7 Å². The molecule has 0 radical (unpaired) electrons. The number of anilines is 3. The number of rotatable bonds is 7. The summed E-state index contributed by atoms with van der Waals surface area (Å²) in [6.07, 6.45) is 1.18. The SMILES string of the molecule is COc1ccc([Si](C)(C)[C@@H]2[C@@H](CC(=O)N3CCC[C@H]3CO)O[C@]3(C(=O)Nc4ccc(N5C(=O)COc6ccccc65)cc43)[C@H]2C)cc1. The zero-order valence-corrected chi connectivity index (χ0v) is 28.2. The van der Waals surface area contributed by atoms with Crippen LogP contribution < -0.4 is 24.9 Å². The smallest absolute Gasteiger partial charge is 0.269 e. The molecule has 0 saturated carbocycles. The number of hydrogen-bond donors (Lipinski definition) is 2. The van der Waals surface area contributed by atoms with Gasteiger partial charge in [0, 0.05) is 29.4 Å². The second kappa shape index (κ2) is 11.8. The van der Waals surface area contributed by atoms with Crippen molar-refractivity contribution in [2.45, 2.75) is 62.6 Å². The molecule has 10 nitrogen and oxygen atoms in total. The van der Waals surface area contributed by atoms with Crippen LogP contribution >= 0.6 is 0 Å². The van der Waals surface area contributed by atoms with E-state index in [9.17, 15) is 19.5 Å². The Kier molecular flexibility index (Phi) is 7.89. The van der Waals surface area contributed by atoms with Gasteiger partial charge in [0.25, 0.3) is 11.8 Å². The first kappa shape index (κ1) is 31.4. The van der Waals surface area contributed by atoms with Crippen molar-refractivity contribution in [3.63, 3.8) is 0 Å². The van der Waals surface area contributed by atoms with Crippen LogP contribution in [0.5, 0.6) is 11.5 Å². The van der Waals surface area contributed by atoms with Gasteiger partial charge < -0.3 is 29.5 Å². The first-order valence-corrected chi connectivity index (χ1v) is 19.4. The number of hydrogen-bond acceptors (Lipinski definition) is 7. The number of ether oxygens (including phenoxy) is 3. The van der Waals surface area contributed by atoms with E-state index in [1.54, 1.807) is 16.9 Å². The van der Waals surface area contributed by atoms with E-state index in [1.165, 1.54) is 5.19 Å². The average molecular weight is 656 g/mol. The number of aliphatic hydroxyl groups is 1. The maximum absolute atomic E-state index is 14.2. The maximum Gasteiger partial charge on any atom is 0.269 e. The summed E-state index contributed by atoms with van der Waals surface area (Å²) in [6.45, 7) is 7.04. The first-order chi connectivity index (χ1) is 22.6. The first-order valence-electron chi connectivity index (χ1n) is 16.3. The molecule has 0 unspecified atom stereocenters. The fourth-order valence-electron chi connectivity index (χ4n) is 8.49. The Morgan fingerprint density at radius 2 is 1.87 bits per heavy atom. The third-order valence-corrected chi connectivity index (χ3v) is 15.2. The molecule has 11 heteroatoms. The molecule has 0 aromatic heterocycles. The largest absolute Gasteiger partial charge is 0.497 e. The molecular weight excluding hydrogens is 614 g/mol. The normalized spacial score (nSPS) is 26.7. The van der Waals surface area contributed by atoms with Crippen molar-refractivity contribution in [2.75, 3.05) is 37.1 Å². The lowest BCUT2D eigenvalue weighted by Crippen LogP contribution is -2.52. The minimum atomic E-state index is -2.45. The number of likely N-dealkylation sites (tertiary alicyclic amines) is 1. The van der Waals surface area contributed by atoms with Crippen LogP contribution in [0.4, 0.5) is 17.1 Å². The molecule has 3 aromatic carbocycles. The number of nitrogens with zero attached hydrogens (tertiary/aromatic N) is 2. The minimum Gasteiger partial charge on any atom is -0.497 e. The lowest BCUT2D eigenvalue weighted by molar-refractivity contribution is -0.148. The predicted octanol–water partition coefficient (Wildman–Crippen LogP) is 4.29. The number of amides is 3. The number of nitrogens with one attached hydrogen (secondary N) is 1. The van der Waals surface area contributed by atoms with Crippen molar-refractivity contribution < 1.29 is 33.7 Å². The highest BCUT2D eigenvalue weighted by molar-refractivity contribution is 6.91. The van der Waals surface area contributed by atoms with Crippen molar-refractivity contribution in [3.05, 3.63) is 72.3 Å². The van der Waals surface area contributed by atoms with Crippen molar-refractivity contribution >= 4 is 48.0 Å². The number of carbonyl (C=O) groups excluding carboxylic acids is 3. The van der Waals surface area contributed by atoms with Crippen molar-refractivity contribution in [1.29, 1.82) is 0 Å². The Morgan fingerprint density at radius 1 is 1.11 bits per heavy atom. The fraction of sp³-hybridized carbons (Fsp3) is 0.417. The molecule has 3 amide bonds. The summed E-state index contributed by atoms with van der Waals surface area (Å²) in [5.74, 6) is 0.519. The van der Waals surface area contributed by atoms with Gasteiger partial charge in [-0.1, -0.05) is 49.5 Å². The Hall–Kier alpha value is -4.19. The molecule has 4 aliphatic rings. The highest BCUT2D eigenvalue weighted by Gasteiger charge is 2.65. The summed E-state index contributed by atoms with van der Waals surface area (Å²) in [4.78, 5) is 44.8. The van der Waals surface area contributed by atoms with Crippen LogP contribution in [-0.4, -0.2) is 74.8 Å². The second-order valence-corrected chi connectivity index (χ2v) is 18.3. The molecule has 1 spiro atoms. The van der Waals surface area contributed by atoms with Gasteiger partial charge in [-0.2, -0.15) is 0 Å². The Bertz CT molecular complexity index is 1730. The highest BCUT2D eigenvalue weighted by Crippen LogP contribution is 2.59. The number of aliphatic hydroxyl groups excluding tert-OH is 1. The summed E-state index contributed by atoms with van der Waals surface area (Å²) >= 11 is 0. The molecule has 0 bridgehead atoms. The van der Waals surface area contributed by atoms with Gasteiger partial charge in [0.2, 0.25) is 5.91 Å². The lowest BCUT2D eigenvalue weighted by atomic mass is 9.82. The van der Waals surface area contributed by atoms with Gasteiger partial charge in [-0.05, 0) is 60.8 Å². The van der Waals surface area contributed by atoms with E-state index in [2.05, 4.69) is 37.5 Å². The van der Waals surface area contributed by atoms with Gasteiger partial charge >= 0.3 is 0 Å². The Morgan fingerprint density at radius 3 is 2.62 bits per heavy atom. The fourth-order valence-corrected chi connectivity index (χ4v) is 12.5. The third-order valence-electron chi connectivity index (χ3n) is 10.8. The van der Waals surface area contributed by atoms with E-state index in [1.807, 2.05) is 54.6 Å². The molecule has 2 N–H and O–H groups in total. The van der Waals surface area contributed by atoms with E-state index in [-0.39, 0.29) is 54.9 Å². The number of fused-ring (bicyclic) bond motifs is 3. The van der Waals surface area contributed by atoms with Crippen LogP contribution in [0, 0.1) is 5.92 Å². The van der Waals surface area contributed by atoms with Gasteiger partial charge in [-0.15, -0.1) is 0 Å². The number of para-hydroxylation sites is 2. The predicted molar refractivity (Wildman–Crippen MR) is 180 cm³/mol. The molecule has 5 atom stereocenters. The number of carbonyl (C=O) groups is 3. The lowest BCUT2D eigenvalue weighted by Gasteiger charge is -2.37. The molecule has 4 heterocycles. The van der Waals surface area contributed by atoms with E-state index in [4.69, 9.17) is 14.2 Å². The third kappa shape index (κ3) is 4.94. The molecule has 0 aliphatic carbocycles. The molecular formula is C36H41N3O7Si. The number of benzene rings is 3. The zero-order chi connectivity index (χ0) is 33.1. The molecule has 47 heavy (non-hydrogen) atoms. The zero-order valence-electron chi connectivity index (χ0n) is 27.2. The molecule has 2 fully saturated rings. The maximum atomic E-state index is 14.2. The van der Waals surface area contributed by atoms with E-state index < -0.39 is 19.8 Å². The summed E-state index contributed by atoms with van der Waals surface area (Å²) in [7, 11) is -0.810. The Balaban J connectivity index is 1.32. The van der Waals surface area contributed by atoms with E-state index in [0.29, 0.717) is 34.9 Å². The topological polar surface area (TPSA) is 118 Å². The standard InChI is InChI=1S/C36H41N3O7Si/c1-22-34(47(3,4)26-14-12-25(44-2)13-15-26)31(19-32(41)38-17-7-8-24(38)20-40)46-36(22)27-18-23(11-16-28(27)37-35(36)43)39-29-9-5-6-10-30(29)45-21-33(39)42/h5-6,9-16,18,22,24,31,34,40H,7-8,17,19-21H2,1-4H3,(H,37,43)/t22-,24-,31+,34-,36+/m0/s1. The second-order valence-electron chi connectivity index (χ2n) is 13.6. The number of methoxy groups -OCH3 is 1. The van der Waals surface area contributed by atoms with Gasteiger partial charge in [0.1, 0.15) is 11.5 Å². The van der Waals surface area contributed by atoms with Gasteiger partial charge in [-0.3, -0.25) is 19.3 Å². The summed E-state index contributed by atoms with van der Waals surface area (Å²) < 4.78 is 18.1. The average Bonchev–Trinajstić information content (AvgIpc) is 3.75. The molecule has 7 rings (SSSR count). The molecule has 2 saturated heterocycles. The quantitative estimate of drug-likeness (QED) is 0.365. The van der Waals surface area contributed by atoms with Crippen LogP contribution in [0.1, 0.15) is 31.7 Å². The van der Waals surface area contributed by atoms with Gasteiger partial charge in [0.15, 0.2) is 12.2 Å². The summed E-state index contributed by atoms with van der Waals surface area (Å²) in [5.41, 5.74) is 1.05. The van der Waals surface area contributed by atoms with Crippen LogP contribution in [0.2, 0.25) is 18.6 Å². The van der Waals surface area contributed by atoms with Crippen molar-refractivity contribution in [3.8, 4) is 11.5 Å². The molecule has 246 valence electrons. The van der Waals surface area contributed by atoms with Gasteiger partial charge in [0.05, 0.1) is 46.0 Å².